The molecule has 2 rings (SSSR count). The Morgan fingerprint density at radius 3 is 1.65 bits per heavy atom. The molecule has 1 aliphatic carbocycles. The number of rotatable bonds is 4. The van der Waals surface area contributed by atoms with E-state index in [4.69, 9.17) is 29.3 Å². The van der Waals surface area contributed by atoms with Gasteiger partial charge in [0.15, 0.2) is 6.61 Å². The van der Waals surface area contributed by atoms with Crippen LogP contribution in [0.3, 0.4) is 0 Å². The van der Waals surface area contributed by atoms with E-state index in [1.165, 1.54) is 6.42 Å². The molecule has 1 saturated carbocycles. The van der Waals surface area contributed by atoms with Crippen molar-refractivity contribution in [2.24, 2.45) is 0 Å². The van der Waals surface area contributed by atoms with Crippen molar-refractivity contribution in [3.8, 4) is 5.75 Å². The van der Waals surface area contributed by atoms with Gasteiger partial charge in [-0.15, -0.1) is 0 Å². The molecule has 1 aromatic carbocycles. The fraction of sp³-hybridized carbons (Fsp3) is 0.500. The first-order valence-electron chi connectivity index (χ1n) is 8.71. The van der Waals surface area contributed by atoms with E-state index in [1.807, 2.05) is 30.3 Å². The van der Waals surface area contributed by atoms with E-state index in [0.717, 1.165) is 25.7 Å². The first-order chi connectivity index (χ1) is 14.2. The summed E-state index contributed by atoms with van der Waals surface area (Å²) < 4.78 is 74.2. The van der Waals surface area contributed by atoms with Gasteiger partial charge in [0.05, 0.1) is 0 Å². The monoisotopic (exact) mass is 462 g/mol. The number of carbonyl (C=O) groups is 3. The average molecular weight is 462 g/mol. The van der Waals surface area contributed by atoms with Gasteiger partial charge in [-0.2, -0.15) is 26.3 Å². The second kappa shape index (κ2) is 13.3. The van der Waals surface area contributed by atoms with Crippen molar-refractivity contribution >= 4 is 17.9 Å². The Bertz CT molecular complexity index is 659. The number of carbonyl (C=O) groups excluding carboxylic acids is 1. The fourth-order valence-electron chi connectivity index (χ4n) is 2.06. The minimum atomic E-state index is -5.08. The topological polar surface area (TPSA) is 110 Å². The number of hydrogen-bond acceptors (Lipinski definition) is 5. The molecule has 1 aromatic rings. The van der Waals surface area contributed by atoms with E-state index in [2.05, 4.69) is 0 Å². The van der Waals surface area contributed by atoms with Crippen LogP contribution in [0.25, 0.3) is 0 Å². The third-order valence-electron chi connectivity index (χ3n) is 3.44. The SMILES string of the molecule is O=C(COc1ccccc1)OC1CCCCC1.O=C(O)C(F)(F)F.O=C(O)C(F)(F)F. The molecule has 31 heavy (non-hydrogen) atoms. The third-order valence-corrected chi connectivity index (χ3v) is 3.44. The van der Waals surface area contributed by atoms with Gasteiger partial charge < -0.3 is 19.7 Å². The summed E-state index contributed by atoms with van der Waals surface area (Å²) in [6.07, 6.45) is -4.48. The summed E-state index contributed by atoms with van der Waals surface area (Å²) in [4.78, 5) is 29.3. The van der Waals surface area contributed by atoms with Crippen molar-refractivity contribution in [2.45, 2.75) is 50.6 Å². The van der Waals surface area contributed by atoms with Crippen LogP contribution in [0.5, 0.6) is 5.75 Å². The van der Waals surface area contributed by atoms with Crippen LogP contribution in [0.15, 0.2) is 30.3 Å². The van der Waals surface area contributed by atoms with E-state index in [-0.39, 0.29) is 18.7 Å². The molecule has 176 valence electrons. The van der Waals surface area contributed by atoms with Crippen molar-refractivity contribution < 1.29 is 60.4 Å². The summed E-state index contributed by atoms with van der Waals surface area (Å²) in [5.41, 5.74) is 0. The summed E-state index contributed by atoms with van der Waals surface area (Å²) in [5.74, 6) is -5.08. The lowest BCUT2D eigenvalue weighted by Gasteiger charge is -2.21. The lowest BCUT2D eigenvalue weighted by molar-refractivity contribution is -0.193. The lowest BCUT2D eigenvalue weighted by Crippen LogP contribution is -2.24. The van der Waals surface area contributed by atoms with Crippen LogP contribution in [0.2, 0.25) is 0 Å². The molecule has 7 nitrogen and oxygen atoms in total. The van der Waals surface area contributed by atoms with Gasteiger partial charge >= 0.3 is 30.3 Å². The highest BCUT2D eigenvalue weighted by Gasteiger charge is 2.38. The molecule has 13 heteroatoms. The minimum absolute atomic E-state index is 0.000509. The van der Waals surface area contributed by atoms with Crippen LogP contribution in [-0.2, 0) is 19.1 Å². The maximum absolute atomic E-state index is 11.5. The highest BCUT2D eigenvalue weighted by Crippen LogP contribution is 2.20. The number of carboxylic acids is 2. The zero-order chi connectivity index (χ0) is 24.1. The number of halogens is 6. The van der Waals surface area contributed by atoms with Crippen LogP contribution in [0.1, 0.15) is 32.1 Å². The van der Waals surface area contributed by atoms with Crippen molar-refractivity contribution in [2.75, 3.05) is 6.61 Å². The van der Waals surface area contributed by atoms with Crippen molar-refractivity contribution in [1.82, 2.24) is 0 Å². The van der Waals surface area contributed by atoms with E-state index in [9.17, 15) is 31.1 Å². The third kappa shape index (κ3) is 14.6. The molecule has 0 aromatic heterocycles. The Morgan fingerprint density at radius 1 is 0.839 bits per heavy atom. The summed E-state index contributed by atoms with van der Waals surface area (Å²) in [7, 11) is 0. The second-order valence-electron chi connectivity index (χ2n) is 5.96. The molecule has 1 aliphatic rings. The molecule has 0 amide bonds. The van der Waals surface area contributed by atoms with Gasteiger partial charge in [-0.1, -0.05) is 24.6 Å². The van der Waals surface area contributed by atoms with Crippen LogP contribution in [0, 0.1) is 0 Å². The summed E-state index contributed by atoms with van der Waals surface area (Å²) in [5, 5.41) is 14.2. The first kappa shape index (κ1) is 28.0. The van der Waals surface area contributed by atoms with Gasteiger partial charge in [-0.25, -0.2) is 14.4 Å². The van der Waals surface area contributed by atoms with Gasteiger partial charge in [-0.3, -0.25) is 0 Å². The van der Waals surface area contributed by atoms with Gasteiger partial charge in [0.2, 0.25) is 0 Å². The van der Waals surface area contributed by atoms with E-state index < -0.39 is 24.3 Å². The molecule has 0 atom stereocenters. The lowest BCUT2D eigenvalue weighted by atomic mass is 9.98. The number of alkyl halides is 6. The number of carboxylic acid groups (broad SMARTS) is 2. The van der Waals surface area contributed by atoms with Crippen molar-refractivity contribution in [3.05, 3.63) is 30.3 Å². The normalized spacial score (nSPS) is 14.1. The van der Waals surface area contributed by atoms with Crippen LogP contribution < -0.4 is 4.74 Å². The van der Waals surface area contributed by atoms with Gasteiger partial charge in [0, 0.05) is 0 Å². The molecule has 0 spiro atoms. The Morgan fingerprint density at radius 2 is 1.26 bits per heavy atom. The summed E-state index contributed by atoms with van der Waals surface area (Å²) in [6, 6.07) is 9.32. The number of esters is 1. The maximum atomic E-state index is 11.5. The Hall–Kier alpha value is -2.99. The van der Waals surface area contributed by atoms with Crippen LogP contribution in [-0.4, -0.2) is 53.2 Å². The van der Waals surface area contributed by atoms with Crippen LogP contribution >= 0.6 is 0 Å². The molecule has 0 unspecified atom stereocenters. The number of hydrogen-bond donors (Lipinski definition) is 2. The first-order valence-corrected chi connectivity index (χ1v) is 8.71. The molecular formula is C18H20F6O7. The molecule has 2 N–H and O–H groups in total. The predicted molar refractivity (Wildman–Crippen MR) is 92.3 cm³/mol. The predicted octanol–water partition coefficient (Wildman–Crippen LogP) is 4.21. The Balaban J connectivity index is 0.000000536. The quantitative estimate of drug-likeness (QED) is 0.510. The molecular weight excluding hydrogens is 442 g/mol. The largest absolute Gasteiger partial charge is 0.490 e. The number of benzene rings is 1. The van der Waals surface area contributed by atoms with Crippen molar-refractivity contribution in [1.29, 1.82) is 0 Å². The number of para-hydroxylation sites is 1. The van der Waals surface area contributed by atoms with E-state index in [0.29, 0.717) is 5.75 Å². The zero-order valence-electron chi connectivity index (χ0n) is 15.9. The van der Waals surface area contributed by atoms with Gasteiger partial charge in [0.25, 0.3) is 0 Å². The van der Waals surface area contributed by atoms with E-state index in [1.54, 1.807) is 0 Å². The molecule has 0 radical (unpaired) electrons. The molecule has 0 aliphatic heterocycles. The molecule has 1 fully saturated rings. The number of aliphatic carboxylic acids is 2. The summed E-state index contributed by atoms with van der Waals surface area (Å²) in [6.45, 7) is 0.000509. The molecule has 0 bridgehead atoms. The van der Waals surface area contributed by atoms with Crippen LogP contribution in [0.4, 0.5) is 26.3 Å². The second-order valence-corrected chi connectivity index (χ2v) is 5.96. The summed E-state index contributed by atoms with van der Waals surface area (Å²) >= 11 is 0. The zero-order valence-corrected chi connectivity index (χ0v) is 15.9. The average Bonchev–Trinajstić information content (AvgIpc) is 2.67. The Labute approximate surface area is 172 Å². The highest BCUT2D eigenvalue weighted by atomic mass is 19.4. The molecule has 0 heterocycles. The minimum Gasteiger partial charge on any atom is -0.482 e. The smallest absolute Gasteiger partial charge is 0.482 e. The standard InChI is InChI=1S/C14H18O3.2C2HF3O2/c15-14(17-13-9-5-2-6-10-13)11-16-12-7-3-1-4-8-12;2*3-2(4,5)1(6)7/h1,3-4,7-8,13H,2,5-6,9-11H2;2*(H,6,7). The van der Waals surface area contributed by atoms with Gasteiger partial charge in [0.1, 0.15) is 11.9 Å². The van der Waals surface area contributed by atoms with Gasteiger partial charge in [-0.05, 0) is 37.8 Å². The van der Waals surface area contributed by atoms with Crippen molar-refractivity contribution in [3.63, 3.8) is 0 Å². The number of ether oxygens (including phenoxy) is 2. The Kier molecular flexibility index (Phi) is 12.1. The fourth-order valence-corrected chi connectivity index (χ4v) is 2.06. The van der Waals surface area contributed by atoms with E-state index >= 15 is 0 Å². The highest BCUT2D eigenvalue weighted by molar-refractivity contribution is 5.73. The molecule has 0 saturated heterocycles. The maximum Gasteiger partial charge on any atom is 0.490 e.